The topological polar surface area (TPSA) is 20.3 Å². The molecule has 0 atom stereocenters. The molecule has 1 aliphatic carbocycles. The summed E-state index contributed by atoms with van der Waals surface area (Å²) < 4.78 is 0. The number of alkyl halides is 1. The van der Waals surface area contributed by atoms with Crippen molar-refractivity contribution in [1.82, 2.24) is 4.90 Å². The lowest BCUT2D eigenvalue weighted by atomic mass is 10.1. The van der Waals surface area contributed by atoms with Crippen molar-refractivity contribution in [3.63, 3.8) is 0 Å². The summed E-state index contributed by atoms with van der Waals surface area (Å²) in [6.45, 7) is 5.61. The van der Waals surface area contributed by atoms with Crippen LogP contribution in [0.1, 0.15) is 26.7 Å². The first-order valence-electron chi connectivity index (χ1n) is 4.55. The fraction of sp³-hybridized carbons (Fsp3) is 0.889. The van der Waals surface area contributed by atoms with Crippen LogP contribution < -0.4 is 0 Å². The second kappa shape index (κ2) is 3.65. The Kier molecular flexibility index (Phi) is 2.99. The molecule has 0 heterocycles. The van der Waals surface area contributed by atoms with Crippen LogP contribution in [0.4, 0.5) is 0 Å². The zero-order valence-electron chi connectivity index (χ0n) is 7.77. The summed E-state index contributed by atoms with van der Waals surface area (Å²) in [5.41, 5.74) is -0.173. The maximum absolute atomic E-state index is 11.8. The first-order valence-corrected chi connectivity index (χ1v) is 5.09. The molecule has 0 aromatic carbocycles. The standard InChI is InChI=1S/C9H16ClNO/c1-3-11(4-2)8(12)9(7-10)5-6-9/h3-7H2,1-2H3. The van der Waals surface area contributed by atoms with Crippen molar-refractivity contribution in [2.75, 3.05) is 19.0 Å². The van der Waals surface area contributed by atoms with Crippen LogP contribution in [-0.2, 0) is 4.79 Å². The molecule has 0 aromatic rings. The highest BCUT2D eigenvalue weighted by Crippen LogP contribution is 2.48. The quantitative estimate of drug-likeness (QED) is 0.619. The lowest BCUT2D eigenvalue weighted by Crippen LogP contribution is -2.37. The van der Waals surface area contributed by atoms with Crippen molar-refractivity contribution in [2.24, 2.45) is 5.41 Å². The molecule has 1 saturated carbocycles. The molecule has 0 spiro atoms. The summed E-state index contributed by atoms with van der Waals surface area (Å²) in [6, 6.07) is 0. The van der Waals surface area contributed by atoms with E-state index in [0.29, 0.717) is 5.88 Å². The highest BCUT2D eigenvalue weighted by atomic mass is 35.5. The molecule has 1 fully saturated rings. The minimum Gasteiger partial charge on any atom is -0.343 e. The van der Waals surface area contributed by atoms with Gasteiger partial charge in [-0.15, -0.1) is 11.6 Å². The van der Waals surface area contributed by atoms with Crippen LogP contribution in [0.5, 0.6) is 0 Å². The van der Waals surface area contributed by atoms with Gasteiger partial charge in [0.05, 0.1) is 5.41 Å². The molecule has 0 bridgehead atoms. The first kappa shape index (κ1) is 9.85. The van der Waals surface area contributed by atoms with E-state index in [1.54, 1.807) is 0 Å². The maximum Gasteiger partial charge on any atom is 0.229 e. The molecule has 70 valence electrons. The Labute approximate surface area is 78.9 Å². The van der Waals surface area contributed by atoms with Gasteiger partial charge in [-0.25, -0.2) is 0 Å². The number of halogens is 1. The zero-order chi connectivity index (χ0) is 9.19. The van der Waals surface area contributed by atoms with Crippen molar-refractivity contribution in [1.29, 1.82) is 0 Å². The number of amides is 1. The molecule has 1 amide bonds. The van der Waals surface area contributed by atoms with Crippen molar-refractivity contribution in [3.05, 3.63) is 0 Å². The Morgan fingerprint density at radius 2 is 1.92 bits per heavy atom. The number of carbonyl (C=O) groups is 1. The molecule has 0 aromatic heterocycles. The van der Waals surface area contributed by atoms with Crippen LogP contribution in [0.2, 0.25) is 0 Å². The second-order valence-electron chi connectivity index (χ2n) is 3.39. The van der Waals surface area contributed by atoms with E-state index in [9.17, 15) is 4.79 Å². The van der Waals surface area contributed by atoms with Crippen molar-refractivity contribution in [2.45, 2.75) is 26.7 Å². The molecular formula is C9H16ClNO. The second-order valence-corrected chi connectivity index (χ2v) is 3.66. The number of hydrogen-bond acceptors (Lipinski definition) is 1. The van der Waals surface area contributed by atoms with Crippen LogP contribution >= 0.6 is 11.6 Å². The molecule has 1 rings (SSSR count). The predicted octanol–water partition coefficient (Wildman–Crippen LogP) is 1.87. The Morgan fingerprint density at radius 1 is 1.42 bits per heavy atom. The van der Waals surface area contributed by atoms with Gasteiger partial charge in [-0.3, -0.25) is 4.79 Å². The Hall–Kier alpha value is -0.240. The number of rotatable bonds is 4. The van der Waals surface area contributed by atoms with E-state index >= 15 is 0 Å². The van der Waals surface area contributed by atoms with Crippen LogP contribution in [-0.4, -0.2) is 29.8 Å². The van der Waals surface area contributed by atoms with Crippen molar-refractivity contribution >= 4 is 17.5 Å². The average molecular weight is 190 g/mol. The molecule has 0 aliphatic heterocycles. The third-order valence-corrected chi connectivity index (χ3v) is 3.13. The zero-order valence-corrected chi connectivity index (χ0v) is 8.52. The van der Waals surface area contributed by atoms with E-state index < -0.39 is 0 Å². The van der Waals surface area contributed by atoms with Crippen LogP contribution in [0.15, 0.2) is 0 Å². The van der Waals surface area contributed by atoms with Gasteiger partial charge in [-0.05, 0) is 26.7 Å². The van der Waals surface area contributed by atoms with Crippen molar-refractivity contribution < 1.29 is 4.79 Å². The normalized spacial score (nSPS) is 18.9. The van der Waals surface area contributed by atoms with Gasteiger partial charge in [0.25, 0.3) is 0 Å². The maximum atomic E-state index is 11.8. The highest BCUT2D eigenvalue weighted by molar-refractivity contribution is 6.20. The SMILES string of the molecule is CCN(CC)C(=O)C1(CCl)CC1. The lowest BCUT2D eigenvalue weighted by Gasteiger charge is -2.23. The van der Waals surface area contributed by atoms with Gasteiger partial charge in [0, 0.05) is 19.0 Å². The fourth-order valence-electron chi connectivity index (χ4n) is 1.40. The van der Waals surface area contributed by atoms with E-state index in [-0.39, 0.29) is 11.3 Å². The monoisotopic (exact) mass is 189 g/mol. The summed E-state index contributed by atoms with van der Waals surface area (Å²) in [4.78, 5) is 13.6. The molecular weight excluding hydrogens is 174 g/mol. The largest absolute Gasteiger partial charge is 0.343 e. The minimum atomic E-state index is -0.173. The van der Waals surface area contributed by atoms with E-state index in [1.807, 2.05) is 18.7 Å². The molecule has 0 N–H and O–H groups in total. The molecule has 1 aliphatic rings. The van der Waals surface area contributed by atoms with Gasteiger partial charge in [0.2, 0.25) is 5.91 Å². The van der Waals surface area contributed by atoms with Crippen LogP contribution in [0.25, 0.3) is 0 Å². The van der Waals surface area contributed by atoms with Gasteiger partial charge in [-0.1, -0.05) is 0 Å². The lowest BCUT2D eigenvalue weighted by molar-refractivity contribution is -0.135. The molecule has 0 unspecified atom stereocenters. The van der Waals surface area contributed by atoms with Gasteiger partial charge in [-0.2, -0.15) is 0 Å². The van der Waals surface area contributed by atoms with E-state index in [2.05, 4.69) is 0 Å². The Balaban J connectivity index is 2.56. The summed E-state index contributed by atoms with van der Waals surface area (Å²) >= 11 is 5.76. The fourth-order valence-corrected chi connectivity index (χ4v) is 1.78. The molecule has 3 heteroatoms. The van der Waals surface area contributed by atoms with E-state index in [1.165, 1.54) is 0 Å². The number of hydrogen-bond donors (Lipinski definition) is 0. The molecule has 0 radical (unpaired) electrons. The Bertz CT molecular complexity index is 173. The van der Waals surface area contributed by atoms with Gasteiger partial charge in [0.15, 0.2) is 0 Å². The number of carbonyl (C=O) groups excluding carboxylic acids is 1. The number of nitrogens with zero attached hydrogens (tertiary/aromatic N) is 1. The molecule has 12 heavy (non-hydrogen) atoms. The van der Waals surface area contributed by atoms with Gasteiger partial charge >= 0.3 is 0 Å². The molecule has 0 saturated heterocycles. The third-order valence-electron chi connectivity index (χ3n) is 2.61. The van der Waals surface area contributed by atoms with Crippen molar-refractivity contribution in [3.8, 4) is 0 Å². The van der Waals surface area contributed by atoms with Crippen LogP contribution in [0.3, 0.4) is 0 Å². The highest BCUT2D eigenvalue weighted by Gasteiger charge is 2.50. The van der Waals surface area contributed by atoms with Gasteiger partial charge in [0.1, 0.15) is 0 Å². The van der Waals surface area contributed by atoms with E-state index in [0.717, 1.165) is 25.9 Å². The first-order chi connectivity index (χ1) is 5.70. The third kappa shape index (κ3) is 1.58. The minimum absolute atomic E-state index is 0.173. The van der Waals surface area contributed by atoms with Gasteiger partial charge < -0.3 is 4.90 Å². The Morgan fingerprint density at radius 3 is 2.17 bits per heavy atom. The van der Waals surface area contributed by atoms with Crippen LogP contribution in [0, 0.1) is 5.41 Å². The summed E-state index contributed by atoms with van der Waals surface area (Å²) in [5.74, 6) is 0.741. The summed E-state index contributed by atoms with van der Waals surface area (Å²) in [5, 5.41) is 0. The molecule has 2 nitrogen and oxygen atoms in total. The van der Waals surface area contributed by atoms with E-state index in [4.69, 9.17) is 11.6 Å². The summed E-state index contributed by atoms with van der Waals surface area (Å²) in [7, 11) is 0. The summed E-state index contributed by atoms with van der Waals surface area (Å²) in [6.07, 6.45) is 1.96. The predicted molar refractivity (Wildman–Crippen MR) is 50.3 cm³/mol. The smallest absolute Gasteiger partial charge is 0.229 e. The average Bonchev–Trinajstić information content (AvgIpc) is 2.86.